The van der Waals surface area contributed by atoms with Crippen molar-refractivity contribution in [3.63, 3.8) is 0 Å². The van der Waals surface area contributed by atoms with E-state index in [2.05, 4.69) is 5.10 Å². The molecule has 0 fully saturated rings. The van der Waals surface area contributed by atoms with Crippen LogP contribution in [0.4, 0.5) is 8.78 Å². The second kappa shape index (κ2) is 4.00. The van der Waals surface area contributed by atoms with E-state index < -0.39 is 17.7 Å². The Balaban J connectivity index is 2.41. The van der Waals surface area contributed by atoms with Gasteiger partial charge in [-0.2, -0.15) is 5.10 Å². The van der Waals surface area contributed by atoms with E-state index in [4.69, 9.17) is 0 Å². The Morgan fingerprint density at radius 3 is 2.88 bits per heavy atom. The molecule has 0 saturated carbocycles. The maximum atomic E-state index is 13.6. The zero-order valence-electron chi connectivity index (χ0n) is 8.65. The number of carbonyl (C=O) groups is 1. The van der Waals surface area contributed by atoms with Crippen molar-refractivity contribution in [3.8, 4) is 0 Å². The number of rotatable bonds is 2. The molecule has 84 valence electrons. The third kappa shape index (κ3) is 1.68. The van der Waals surface area contributed by atoms with Gasteiger partial charge >= 0.3 is 0 Å². The minimum atomic E-state index is -0.535. The third-order valence-electron chi connectivity index (χ3n) is 2.61. The average molecular weight is 224 g/mol. The SMILES string of the molecule is Cc1cc(F)c(C2CC=NN2C=O)cc1F. The Kier molecular flexibility index (Phi) is 2.68. The number of hydrogen-bond donors (Lipinski definition) is 0. The Bertz CT molecular complexity index is 460. The molecule has 1 aliphatic heterocycles. The largest absolute Gasteiger partial charge is 0.277 e. The first-order valence-electron chi connectivity index (χ1n) is 4.85. The van der Waals surface area contributed by atoms with Gasteiger partial charge < -0.3 is 0 Å². The first-order chi connectivity index (χ1) is 7.63. The van der Waals surface area contributed by atoms with Gasteiger partial charge in [-0.15, -0.1) is 0 Å². The van der Waals surface area contributed by atoms with Crippen LogP contribution in [0, 0.1) is 18.6 Å². The normalized spacial score (nSPS) is 19.2. The van der Waals surface area contributed by atoms with Crippen molar-refractivity contribution in [2.45, 2.75) is 19.4 Å². The third-order valence-corrected chi connectivity index (χ3v) is 2.61. The highest BCUT2D eigenvalue weighted by atomic mass is 19.1. The van der Waals surface area contributed by atoms with E-state index in [-0.39, 0.29) is 11.1 Å². The molecule has 1 aromatic rings. The first-order valence-corrected chi connectivity index (χ1v) is 4.85. The number of hydrazone groups is 1. The quantitative estimate of drug-likeness (QED) is 0.708. The fourth-order valence-corrected chi connectivity index (χ4v) is 1.72. The highest BCUT2D eigenvalue weighted by Crippen LogP contribution is 2.29. The second-order valence-electron chi connectivity index (χ2n) is 3.66. The predicted octanol–water partition coefficient (Wildman–Crippen LogP) is 2.16. The van der Waals surface area contributed by atoms with Crippen molar-refractivity contribution >= 4 is 12.6 Å². The van der Waals surface area contributed by atoms with E-state index >= 15 is 0 Å². The van der Waals surface area contributed by atoms with Gasteiger partial charge in [0, 0.05) is 18.2 Å². The van der Waals surface area contributed by atoms with Gasteiger partial charge in [0.25, 0.3) is 0 Å². The van der Waals surface area contributed by atoms with E-state index in [0.717, 1.165) is 17.1 Å². The van der Waals surface area contributed by atoms with Crippen molar-refractivity contribution < 1.29 is 13.6 Å². The van der Waals surface area contributed by atoms with Crippen LogP contribution in [0.2, 0.25) is 0 Å². The van der Waals surface area contributed by atoms with Gasteiger partial charge in [0.05, 0.1) is 6.04 Å². The lowest BCUT2D eigenvalue weighted by atomic mass is 10.0. The molecule has 0 N–H and O–H groups in total. The van der Waals surface area contributed by atoms with Crippen molar-refractivity contribution in [3.05, 3.63) is 34.9 Å². The molecule has 2 rings (SSSR count). The standard InChI is InChI=1S/C11H10F2N2O/c1-7-4-10(13)8(5-9(7)12)11-2-3-14-15(11)6-16/h3-6,11H,2H2,1H3. The highest BCUT2D eigenvalue weighted by Gasteiger charge is 2.25. The van der Waals surface area contributed by atoms with Gasteiger partial charge in [-0.3, -0.25) is 4.79 Å². The Labute approximate surface area is 91.4 Å². The zero-order valence-corrected chi connectivity index (χ0v) is 8.65. The molecule has 0 aliphatic carbocycles. The molecule has 0 radical (unpaired) electrons. The molecule has 1 atom stereocenters. The Morgan fingerprint density at radius 1 is 1.44 bits per heavy atom. The summed E-state index contributed by atoms with van der Waals surface area (Å²) in [5.41, 5.74) is 0.408. The molecule has 1 heterocycles. The summed E-state index contributed by atoms with van der Waals surface area (Å²) in [5, 5.41) is 4.85. The molecule has 0 spiro atoms. The lowest BCUT2D eigenvalue weighted by Gasteiger charge is -2.18. The molecule has 16 heavy (non-hydrogen) atoms. The summed E-state index contributed by atoms with van der Waals surface area (Å²) in [7, 11) is 0. The summed E-state index contributed by atoms with van der Waals surface area (Å²) >= 11 is 0. The molecule has 1 unspecified atom stereocenters. The smallest absolute Gasteiger partial charge is 0.230 e. The molecule has 1 amide bonds. The van der Waals surface area contributed by atoms with E-state index in [1.165, 1.54) is 13.1 Å². The van der Waals surface area contributed by atoms with Gasteiger partial charge in [-0.25, -0.2) is 13.8 Å². The topological polar surface area (TPSA) is 32.7 Å². The van der Waals surface area contributed by atoms with Crippen LogP contribution in [0.25, 0.3) is 0 Å². The molecule has 0 saturated heterocycles. The lowest BCUT2D eigenvalue weighted by molar-refractivity contribution is -0.119. The van der Waals surface area contributed by atoms with Crippen molar-refractivity contribution in [1.29, 1.82) is 0 Å². The van der Waals surface area contributed by atoms with E-state index in [9.17, 15) is 13.6 Å². The Hall–Kier alpha value is -1.78. The van der Waals surface area contributed by atoms with Gasteiger partial charge in [0.1, 0.15) is 11.6 Å². The molecule has 3 nitrogen and oxygen atoms in total. The number of benzene rings is 1. The number of carbonyl (C=O) groups excluding carboxylic acids is 1. The lowest BCUT2D eigenvalue weighted by Crippen LogP contribution is -2.18. The fourth-order valence-electron chi connectivity index (χ4n) is 1.72. The zero-order chi connectivity index (χ0) is 11.7. The van der Waals surface area contributed by atoms with Crippen LogP contribution in [0.5, 0.6) is 0 Å². The number of nitrogens with zero attached hydrogens (tertiary/aromatic N) is 2. The van der Waals surface area contributed by atoms with Crippen molar-refractivity contribution in [2.24, 2.45) is 5.10 Å². The summed E-state index contributed by atoms with van der Waals surface area (Å²) in [6.45, 7) is 1.49. The molecule has 5 heteroatoms. The molecular formula is C11H10F2N2O. The minimum absolute atomic E-state index is 0.160. The molecule has 1 aromatic carbocycles. The molecule has 0 bridgehead atoms. The van der Waals surface area contributed by atoms with Gasteiger partial charge in [-0.05, 0) is 24.6 Å². The van der Waals surface area contributed by atoms with Crippen LogP contribution >= 0.6 is 0 Å². The number of amides is 1. The van der Waals surface area contributed by atoms with Gasteiger partial charge in [-0.1, -0.05) is 0 Å². The molecular weight excluding hydrogens is 214 g/mol. The van der Waals surface area contributed by atoms with E-state index in [1.54, 1.807) is 0 Å². The van der Waals surface area contributed by atoms with Crippen molar-refractivity contribution in [1.82, 2.24) is 5.01 Å². The summed E-state index contributed by atoms with van der Waals surface area (Å²) in [4.78, 5) is 10.7. The number of hydrogen-bond acceptors (Lipinski definition) is 2. The van der Waals surface area contributed by atoms with Gasteiger partial charge in [0.2, 0.25) is 6.41 Å². The van der Waals surface area contributed by atoms with Gasteiger partial charge in [0.15, 0.2) is 0 Å². The minimum Gasteiger partial charge on any atom is -0.277 e. The number of aryl methyl sites for hydroxylation is 1. The van der Waals surface area contributed by atoms with E-state index in [0.29, 0.717) is 12.8 Å². The highest BCUT2D eigenvalue weighted by molar-refractivity contribution is 5.65. The molecule has 0 aromatic heterocycles. The van der Waals surface area contributed by atoms with Crippen molar-refractivity contribution in [2.75, 3.05) is 0 Å². The number of halogens is 2. The monoisotopic (exact) mass is 224 g/mol. The van der Waals surface area contributed by atoms with E-state index in [1.807, 2.05) is 0 Å². The van der Waals surface area contributed by atoms with Crippen LogP contribution < -0.4 is 0 Å². The van der Waals surface area contributed by atoms with Crippen LogP contribution in [-0.4, -0.2) is 17.6 Å². The Morgan fingerprint density at radius 2 is 2.19 bits per heavy atom. The summed E-state index contributed by atoms with van der Waals surface area (Å²) < 4.78 is 27.0. The second-order valence-corrected chi connectivity index (χ2v) is 3.66. The predicted molar refractivity (Wildman–Crippen MR) is 54.8 cm³/mol. The van der Waals surface area contributed by atoms with Crippen LogP contribution in [0.15, 0.2) is 17.2 Å². The van der Waals surface area contributed by atoms with Crippen LogP contribution in [0.3, 0.4) is 0 Å². The van der Waals surface area contributed by atoms with Crippen LogP contribution in [0.1, 0.15) is 23.6 Å². The summed E-state index contributed by atoms with van der Waals surface area (Å²) in [6.07, 6.45) is 2.42. The summed E-state index contributed by atoms with van der Waals surface area (Å²) in [5.74, 6) is -0.990. The van der Waals surface area contributed by atoms with Crippen LogP contribution in [-0.2, 0) is 4.79 Å². The average Bonchev–Trinajstić information content (AvgIpc) is 2.71. The molecule has 1 aliphatic rings. The first kappa shape index (κ1) is 10.7. The summed E-state index contributed by atoms with van der Waals surface area (Å²) in [6, 6.07) is 1.72. The maximum absolute atomic E-state index is 13.6. The maximum Gasteiger partial charge on any atom is 0.230 e. The fraction of sp³-hybridized carbons (Fsp3) is 0.273.